The van der Waals surface area contributed by atoms with Crippen LogP contribution in [0.2, 0.25) is 0 Å². The molecule has 0 fully saturated rings. The molecule has 0 aliphatic rings. The van der Waals surface area contributed by atoms with E-state index in [1.807, 2.05) is 32.0 Å². The van der Waals surface area contributed by atoms with Crippen molar-refractivity contribution in [2.45, 2.75) is 20.3 Å². The Bertz CT molecular complexity index is 1240. The summed E-state index contributed by atoms with van der Waals surface area (Å²) in [5.74, 6) is -1.21. The summed E-state index contributed by atoms with van der Waals surface area (Å²) in [6.07, 6.45) is -0.637. The Morgan fingerprint density at radius 3 is 2.21 bits per heavy atom. The van der Waals surface area contributed by atoms with E-state index in [-0.39, 0.29) is 30.7 Å². The van der Waals surface area contributed by atoms with Gasteiger partial charge in [-0.3, -0.25) is 20.2 Å². The standard InChI is InChI=1S/C20H20F2N8O4/c1-11-4-5-13(8-12(11)2)25-20-27-18(22)26-19(28-20)24-7-3-6-23-15-9-14(21)16(29(31)32)10-17(15)30(33)34/h4-5,8-10,23H,3,6-7H2,1-2H3,(H2,24,25,26,27,28). The second-order valence-electron chi connectivity index (χ2n) is 7.22. The molecule has 0 radical (unpaired) electrons. The topological polar surface area (TPSA) is 161 Å². The minimum absolute atomic E-state index is 0.00774. The molecular formula is C20H20F2N8O4. The van der Waals surface area contributed by atoms with E-state index in [1.165, 1.54) is 0 Å². The Kier molecular flexibility index (Phi) is 7.40. The van der Waals surface area contributed by atoms with Crippen molar-refractivity contribution in [2.75, 3.05) is 29.0 Å². The number of benzene rings is 2. The number of hydrogen-bond donors (Lipinski definition) is 3. The number of nitro benzene ring substituents is 2. The molecule has 0 unspecified atom stereocenters. The third-order valence-electron chi connectivity index (χ3n) is 4.78. The highest BCUT2D eigenvalue weighted by Crippen LogP contribution is 2.31. The summed E-state index contributed by atoms with van der Waals surface area (Å²) in [7, 11) is 0. The number of nitrogens with zero attached hydrogens (tertiary/aromatic N) is 5. The average Bonchev–Trinajstić information content (AvgIpc) is 2.75. The number of nitrogens with one attached hydrogen (secondary N) is 3. The Balaban J connectivity index is 1.58. The second-order valence-corrected chi connectivity index (χ2v) is 7.22. The molecule has 3 rings (SSSR count). The number of aryl methyl sites for hydroxylation is 2. The number of nitro groups is 2. The SMILES string of the molecule is Cc1ccc(Nc2nc(F)nc(NCCCNc3cc(F)c([N+](=O)[O-])cc3[N+](=O)[O-])n2)cc1C. The van der Waals surface area contributed by atoms with Gasteiger partial charge in [-0.1, -0.05) is 6.07 Å². The van der Waals surface area contributed by atoms with E-state index in [0.29, 0.717) is 24.2 Å². The molecule has 0 saturated heterocycles. The predicted molar refractivity (Wildman–Crippen MR) is 120 cm³/mol. The van der Waals surface area contributed by atoms with Gasteiger partial charge in [-0.05, 0) is 43.5 Å². The lowest BCUT2D eigenvalue weighted by Crippen LogP contribution is -2.13. The van der Waals surface area contributed by atoms with Crippen LogP contribution < -0.4 is 16.0 Å². The molecule has 12 nitrogen and oxygen atoms in total. The molecule has 3 N–H and O–H groups in total. The van der Waals surface area contributed by atoms with Crippen molar-refractivity contribution in [1.29, 1.82) is 0 Å². The molecule has 0 saturated carbocycles. The van der Waals surface area contributed by atoms with Crippen LogP contribution in [0.15, 0.2) is 30.3 Å². The third kappa shape index (κ3) is 6.05. The van der Waals surface area contributed by atoms with Crippen LogP contribution in [0.3, 0.4) is 0 Å². The average molecular weight is 474 g/mol. The second kappa shape index (κ2) is 10.4. The maximum absolute atomic E-state index is 13.8. The number of hydrogen-bond acceptors (Lipinski definition) is 10. The lowest BCUT2D eigenvalue weighted by atomic mass is 10.1. The molecule has 0 spiro atoms. The Hall–Kier alpha value is -4.49. The monoisotopic (exact) mass is 474 g/mol. The Labute approximate surface area is 191 Å². The zero-order valence-electron chi connectivity index (χ0n) is 18.1. The first-order valence-electron chi connectivity index (χ1n) is 10.00. The summed E-state index contributed by atoms with van der Waals surface area (Å²) in [5.41, 5.74) is 1.02. The Morgan fingerprint density at radius 1 is 0.853 bits per heavy atom. The first-order chi connectivity index (χ1) is 16.1. The van der Waals surface area contributed by atoms with Gasteiger partial charge in [0, 0.05) is 24.8 Å². The first kappa shape index (κ1) is 24.2. The molecule has 0 bridgehead atoms. The highest BCUT2D eigenvalue weighted by Gasteiger charge is 2.24. The summed E-state index contributed by atoms with van der Waals surface area (Å²) in [5, 5.41) is 30.3. The van der Waals surface area contributed by atoms with Crippen molar-refractivity contribution in [3.05, 3.63) is 73.6 Å². The van der Waals surface area contributed by atoms with Crippen LogP contribution in [0.5, 0.6) is 0 Å². The molecule has 178 valence electrons. The molecule has 3 aromatic rings. The molecule has 1 heterocycles. The molecule has 2 aromatic carbocycles. The minimum Gasteiger partial charge on any atom is -0.379 e. The molecule has 0 aliphatic heterocycles. The first-order valence-corrected chi connectivity index (χ1v) is 10.00. The lowest BCUT2D eigenvalue weighted by Gasteiger charge is -2.10. The highest BCUT2D eigenvalue weighted by molar-refractivity contribution is 5.65. The maximum Gasteiger partial charge on any atom is 0.315 e. The van der Waals surface area contributed by atoms with Crippen LogP contribution in [0.1, 0.15) is 17.5 Å². The zero-order chi connectivity index (χ0) is 24.8. The number of aromatic nitrogens is 3. The van der Waals surface area contributed by atoms with E-state index >= 15 is 0 Å². The molecular weight excluding hydrogens is 454 g/mol. The van der Waals surface area contributed by atoms with Gasteiger partial charge < -0.3 is 16.0 Å². The summed E-state index contributed by atoms with van der Waals surface area (Å²) < 4.78 is 27.7. The van der Waals surface area contributed by atoms with Crippen LogP contribution in [0, 0.1) is 46.0 Å². The van der Waals surface area contributed by atoms with Gasteiger partial charge >= 0.3 is 11.8 Å². The fraction of sp³-hybridized carbons (Fsp3) is 0.250. The van der Waals surface area contributed by atoms with E-state index in [4.69, 9.17) is 0 Å². The van der Waals surface area contributed by atoms with E-state index in [9.17, 15) is 29.0 Å². The van der Waals surface area contributed by atoms with Crippen molar-refractivity contribution in [3.8, 4) is 0 Å². The van der Waals surface area contributed by atoms with Gasteiger partial charge in [0.05, 0.1) is 15.9 Å². The van der Waals surface area contributed by atoms with Gasteiger partial charge in [0.1, 0.15) is 5.69 Å². The van der Waals surface area contributed by atoms with E-state index in [0.717, 1.165) is 11.1 Å². The maximum atomic E-state index is 13.8. The number of halogens is 2. The van der Waals surface area contributed by atoms with E-state index < -0.39 is 33.1 Å². The largest absolute Gasteiger partial charge is 0.379 e. The van der Waals surface area contributed by atoms with Gasteiger partial charge in [-0.15, -0.1) is 0 Å². The fourth-order valence-electron chi connectivity index (χ4n) is 2.93. The fourth-order valence-corrected chi connectivity index (χ4v) is 2.93. The van der Waals surface area contributed by atoms with E-state index in [1.54, 1.807) is 0 Å². The van der Waals surface area contributed by atoms with Crippen molar-refractivity contribution in [3.63, 3.8) is 0 Å². The summed E-state index contributed by atoms with van der Waals surface area (Å²) in [4.78, 5) is 31.4. The summed E-state index contributed by atoms with van der Waals surface area (Å²) >= 11 is 0. The predicted octanol–water partition coefficient (Wildman–Crippen LogP) is 4.24. The number of rotatable bonds is 10. The smallest absolute Gasteiger partial charge is 0.315 e. The Morgan fingerprint density at radius 2 is 1.53 bits per heavy atom. The van der Waals surface area contributed by atoms with Crippen LogP contribution in [0.25, 0.3) is 0 Å². The van der Waals surface area contributed by atoms with Crippen molar-refractivity contribution < 1.29 is 18.6 Å². The van der Waals surface area contributed by atoms with Gasteiger partial charge in [-0.25, -0.2) is 0 Å². The molecule has 0 amide bonds. The summed E-state index contributed by atoms with van der Waals surface area (Å²) in [6, 6.07) is 6.85. The van der Waals surface area contributed by atoms with Gasteiger partial charge in [0.2, 0.25) is 17.7 Å². The highest BCUT2D eigenvalue weighted by atomic mass is 19.1. The minimum atomic E-state index is -1.19. The van der Waals surface area contributed by atoms with Crippen molar-refractivity contribution in [1.82, 2.24) is 15.0 Å². The molecule has 0 atom stereocenters. The zero-order valence-corrected chi connectivity index (χ0v) is 18.1. The van der Waals surface area contributed by atoms with Gasteiger partial charge in [-0.2, -0.15) is 23.7 Å². The summed E-state index contributed by atoms with van der Waals surface area (Å²) in [6.45, 7) is 4.29. The van der Waals surface area contributed by atoms with Gasteiger partial charge in [0.15, 0.2) is 0 Å². The third-order valence-corrected chi connectivity index (χ3v) is 4.78. The number of anilines is 4. The van der Waals surface area contributed by atoms with Crippen LogP contribution in [-0.4, -0.2) is 37.9 Å². The molecule has 1 aromatic heterocycles. The molecule has 0 aliphatic carbocycles. The molecule has 34 heavy (non-hydrogen) atoms. The van der Waals surface area contributed by atoms with E-state index in [2.05, 4.69) is 30.9 Å². The van der Waals surface area contributed by atoms with Crippen LogP contribution >= 0.6 is 0 Å². The van der Waals surface area contributed by atoms with Crippen molar-refractivity contribution >= 4 is 34.6 Å². The lowest BCUT2D eigenvalue weighted by molar-refractivity contribution is -0.395. The van der Waals surface area contributed by atoms with Crippen LogP contribution in [0.4, 0.5) is 43.4 Å². The molecule has 14 heteroatoms. The van der Waals surface area contributed by atoms with Crippen LogP contribution in [-0.2, 0) is 0 Å². The quantitative estimate of drug-likeness (QED) is 0.220. The van der Waals surface area contributed by atoms with Gasteiger partial charge in [0.25, 0.3) is 5.69 Å². The normalized spacial score (nSPS) is 10.6. The van der Waals surface area contributed by atoms with Crippen molar-refractivity contribution in [2.24, 2.45) is 0 Å².